The maximum atomic E-state index is 11.6. The van der Waals surface area contributed by atoms with E-state index in [-0.39, 0.29) is 29.7 Å². The van der Waals surface area contributed by atoms with E-state index in [9.17, 15) is 14.7 Å². The number of pyridine rings is 1. The average Bonchev–Trinajstić information content (AvgIpc) is 3.97. The highest BCUT2D eigenvalue weighted by molar-refractivity contribution is 5.79. The monoisotopic (exact) mass is 885 g/mol. The predicted octanol–water partition coefficient (Wildman–Crippen LogP) is 5.45. The number of piperazine rings is 1. The van der Waals surface area contributed by atoms with Gasteiger partial charge in [0.15, 0.2) is 5.82 Å². The van der Waals surface area contributed by atoms with Gasteiger partial charge < -0.3 is 60.8 Å². The Balaban J connectivity index is 0.000000415. The standard InChI is InChI=1S/C38H55N9O3.C10H17NO3/c1-26(2)27(3)35-24-36(43-50-35)47-16-9-28(10-17-47)25-44-14-11-30(12-15-44)49-37-22-29(8-13-42-37)45-18-20-46(21-19-45)33(38(40)41)23-32(39)31-6-4-5-7-34(31)48;1-10(2,3)14-9(13)8-5-4-6-11(8)7-12/h4-8,13,22-24,26-28,30,48H,9-12,14-21,25,39-41H2,1-3H3;7-8H,4-6H2,1-3H3/b32-23-;. The molecule has 7 rings (SSSR count). The minimum Gasteiger partial charge on any atom is -0.507 e. The Hall–Kier alpha value is -5.64. The van der Waals surface area contributed by atoms with Crippen molar-refractivity contribution < 1.29 is 28.7 Å². The number of amides is 1. The molecule has 4 saturated heterocycles. The van der Waals surface area contributed by atoms with Gasteiger partial charge in [0.2, 0.25) is 12.3 Å². The van der Waals surface area contributed by atoms with Gasteiger partial charge in [0, 0.05) is 107 Å². The average molecular weight is 885 g/mol. The van der Waals surface area contributed by atoms with Crippen LogP contribution in [-0.2, 0) is 14.3 Å². The van der Waals surface area contributed by atoms with Crippen LogP contribution in [0.1, 0.15) is 97.3 Å². The highest BCUT2D eigenvalue weighted by atomic mass is 16.6. The van der Waals surface area contributed by atoms with E-state index in [0.29, 0.717) is 66.6 Å². The molecule has 0 aliphatic carbocycles. The normalized spacial score (nSPS) is 19.9. The van der Waals surface area contributed by atoms with Gasteiger partial charge in [0.25, 0.3) is 0 Å². The quantitative estimate of drug-likeness (QED) is 0.0957. The number of phenolic OH excluding ortho intramolecular Hbond substituents is 1. The molecule has 0 spiro atoms. The van der Waals surface area contributed by atoms with E-state index >= 15 is 0 Å². The minimum atomic E-state index is -0.478. The van der Waals surface area contributed by atoms with E-state index in [1.54, 1.807) is 24.3 Å². The molecule has 0 radical (unpaired) electrons. The summed E-state index contributed by atoms with van der Waals surface area (Å²) in [6.07, 6.45) is 10.4. The molecule has 64 heavy (non-hydrogen) atoms. The number of allylic oxidation sites excluding steroid dienone is 1. The maximum Gasteiger partial charge on any atom is 0.329 e. The van der Waals surface area contributed by atoms with Crippen molar-refractivity contribution in [1.82, 2.24) is 24.8 Å². The zero-order chi connectivity index (χ0) is 46.0. The van der Waals surface area contributed by atoms with E-state index in [1.165, 1.54) is 17.7 Å². The maximum absolute atomic E-state index is 11.6. The molecule has 2 aromatic heterocycles. The van der Waals surface area contributed by atoms with Crippen LogP contribution in [0.3, 0.4) is 0 Å². The fourth-order valence-corrected chi connectivity index (χ4v) is 8.77. The summed E-state index contributed by atoms with van der Waals surface area (Å²) in [6, 6.07) is 12.8. The number of hydrogen-bond donors (Lipinski definition) is 4. The van der Waals surface area contributed by atoms with E-state index < -0.39 is 5.60 Å². The van der Waals surface area contributed by atoms with Crippen LogP contribution >= 0.6 is 0 Å². The number of benzene rings is 1. The molecular formula is C48H72N10O6. The fraction of sp³-hybridized carbons (Fsp3) is 0.583. The summed E-state index contributed by atoms with van der Waals surface area (Å²) in [5.74, 6) is 4.31. The van der Waals surface area contributed by atoms with Crippen LogP contribution in [0, 0.1) is 11.8 Å². The third-order valence-electron chi connectivity index (χ3n) is 12.9. The Morgan fingerprint density at radius 2 is 1.61 bits per heavy atom. The Labute approximate surface area is 379 Å². The molecule has 2 unspecified atom stereocenters. The summed E-state index contributed by atoms with van der Waals surface area (Å²) in [4.78, 5) is 37.7. The van der Waals surface area contributed by atoms with Gasteiger partial charge in [-0.2, -0.15) is 0 Å². The second-order valence-corrected chi connectivity index (χ2v) is 19.0. The van der Waals surface area contributed by atoms with E-state index in [4.69, 9.17) is 31.2 Å². The van der Waals surface area contributed by atoms with Gasteiger partial charge in [0.1, 0.15) is 35.1 Å². The Kier molecular flexibility index (Phi) is 16.3. The number of likely N-dealkylation sites (tertiary alicyclic amines) is 2. The number of hydrogen-bond acceptors (Lipinski definition) is 15. The molecule has 350 valence electrons. The van der Waals surface area contributed by atoms with Crippen molar-refractivity contribution in [2.75, 3.05) is 75.2 Å². The molecule has 6 heterocycles. The number of aromatic nitrogens is 2. The molecule has 16 nitrogen and oxygen atoms in total. The molecule has 0 saturated carbocycles. The zero-order valence-electron chi connectivity index (χ0n) is 38.8. The molecule has 1 aromatic carbocycles. The van der Waals surface area contributed by atoms with Gasteiger partial charge in [-0.05, 0) is 95.4 Å². The molecule has 16 heteroatoms. The number of ether oxygens (including phenoxy) is 2. The third-order valence-corrected chi connectivity index (χ3v) is 12.9. The van der Waals surface area contributed by atoms with E-state index in [2.05, 4.69) is 62.6 Å². The summed E-state index contributed by atoms with van der Waals surface area (Å²) in [5, 5.41) is 14.6. The summed E-state index contributed by atoms with van der Waals surface area (Å²) in [7, 11) is 0. The molecule has 4 aliphatic heterocycles. The Morgan fingerprint density at radius 3 is 2.25 bits per heavy atom. The predicted molar refractivity (Wildman–Crippen MR) is 250 cm³/mol. The van der Waals surface area contributed by atoms with Crippen LogP contribution in [0.15, 0.2) is 70.8 Å². The van der Waals surface area contributed by atoms with Crippen molar-refractivity contribution in [1.29, 1.82) is 0 Å². The van der Waals surface area contributed by atoms with E-state index in [0.717, 1.165) is 88.8 Å². The molecule has 3 aromatic rings. The number of nitrogens with two attached hydrogens (primary N) is 3. The number of nitrogens with zero attached hydrogens (tertiary/aromatic N) is 7. The van der Waals surface area contributed by atoms with Crippen LogP contribution in [-0.4, -0.2) is 126 Å². The molecule has 4 aliphatic rings. The third kappa shape index (κ3) is 13.0. The highest BCUT2D eigenvalue weighted by Crippen LogP contribution is 2.31. The smallest absolute Gasteiger partial charge is 0.329 e. The first-order valence-electron chi connectivity index (χ1n) is 23.1. The van der Waals surface area contributed by atoms with Gasteiger partial charge in [-0.25, -0.2) is 9.78 Å². The molecule has 1 amide bonds. The van der Waals surface area contributed by atoms with Crippen molar-refractivity contribution in [3.05, 3.63) is 77.6 Å². The van der Waals surface area contributed by atoms with Crippen LogP contribution in [0.25, 0.3) is 5.70 Å². The number of aromatic hydroxyl groups is 1. The number of phenols is 1. The number of esters is 1. The lowest BCUT2D eigenvalue weighted by Crippen LogP contribution is -2.46. The lowest BCUT2D eigenvalue weighted by Gasteiger charge is -2.38. The van der Waals surface area contributed by atoms with Crippen molar-refractivity contribution in [2.24, 2.45) is 29.0 Å². The van der Waals surface area contributed by atoms with Crippen LogP contribution < -0.4 is 31.7 Å². The first-order valence-corrected chi connectivity index (χ1v) is 23.1. The lowest BCUT2D eigenvalue weighted by molar-refractivity contribution is -0.161. The number of piperidine rings is 2. The van der Waals surface area contributed by atoms with Gasteiger partial charge in [0.05, 0.1) is 5.70 Å². The van der Waals surface area contributed by atoms with Gasteiger partial charge >= 0.3 is 5.97 Å². The van der Waals surface area contributed by atoms with Gasteiger partial charge in [-0.3, -0.25) is 4.79 Å². The molecule has 0 bridgehead atoms. The van der Waals surface area contributed by atoms with Crippen LogP contribution in [0.5, 0.6) is 11.6 Å². The zero-order valence-corrected chi connectivity index (χ0v) is 38.8. The molecule has 4 fully saturated rings. The topological polar surface area (TPSA) is 206 Å². The number of para-hydroxylation sites is 1. The van der Waals surface area contributed by atoms with Crippen LogP contribution in [0.4, 0.5) is 11.5 Å². The number of rotatable bonds is 13. The Bertz CT molecular complexity index is 2040. The first-order chi connectivity index (χ1) is 30.6. The van der Waals surface area contributed by atoms with Crippen molar-refractivity contribution in [3.8, 4) is 11.6 Å². The highest BCUT2D eigenvalue weighted by Gasteiger charge is 2.33. The molecular weight excluding hydrogens is 813 g/mol. The fourth-order valence-electron chi connectivity index (χ4n) is 8.77. The van der Waals surface area contributed by atoms with Crippen molar-refractivity contribution >= 4 is 29.6 Å². The summed E-state index contributed by atoms with van der Waals surface area (Å²) in [6.45, 7) is 21.1. The second kappa shape index (κ2) is 21.8. The van der Waals surface area contributed by atoms with Gasteiger partial charge in [-0.15, -0.1) is 0 Å². The first kappa shape index (κ1) is 47.8. The van der Waals surface area contributed by atoms with Crippen LogP contribution in [0.2, 0.25) is 0 Å². The van der Waals surface area contributed by atoms with Gasteiger partial charge in [-0.1, -0.05) is 38.1 Å². The van der Waals surface area contributed by atoms with Crippen molar-refractivity contribution in [2.45, 2.75) is 104 Å². The number of anilines is 2. The largest absolute Gasteiger partial charge is 0.507 e. The number of carbonyl (C=O) groups is 2. The summed E-state index contributed by atoms with van der Waals surface area (Å²) < 4.78 is 17.3. The molecule has 2 atom stereocenters. The number of carbonyl (C=O) groups excluding carboxylic acids is 2. The SMILES string of the molecule is CC(C)(C)OC(=O)C1CCCN1C=O.CC(C)C(C)c1cc(N2CCC(CN3CCC(Oc4cc(N5CCN(C(/C=C(\N)c6ccccc6O)=C(N)N)CC5)ccn4)CC3)CC2)no1. The summed E-state index contributed by atoms with van der Waals surface area (Å²) >= 11 is 0. The lowest BCUT2D eigenvalue weighted by atomic mass is 9.94. The minimum absolute atomic E-state index is 0.115. The molecule has 7 N–H and O–H groups in total. The summed E-state index contributed by atoms with van der Waals surface area (Å²) in [5.41, 5.74) is 20.7. The van der Waals surface area contributed by atoms with E-state index in [1.807, 2.05) is 39.1 Å². The van der Waals surface area contributed by atoms with Crippen molar-refractivity contribution in [3.63, 3.8) is 0 Å². The Morgan fingerprint density at radius 1 is 0.906 bits per heavy atom. The second-order valence-electron chi connectivity index (χ2n) is 19.0.